The lowest BCUT2D eigenvalue weighted by Crippen LogP contribution is -2.40. The average molecular weight is 444 g/mol. The van der Waals surface area contributed by atoms with E-state index in [0.29, 0.717) is 36.2 Å². The molecule has 0 aromatic heterocycles. The van der Waals surface area contributed by atoms with E-state index in [1.807, 2.05) is 44.2 Å². The predicted octanol–water partition coefficient (Wildman–Crippen LogP) is 6.45. The van der Waals surface area contributed by atoms with Gasteiger partial charge >= 0.3 is 0 Å². The Kier molecular flexibility index (Phi) is 9.41. The van der Waals surface area contributed by atoms with Crippen molar-refractivity contribution in [3.8, 4) is 23.0 Å². The highest BCUT2D eigenvalue weighted by atomic mass is 16.5. The Morgan fingerprint density at radius 2 is 1.34 bits per heavy atom. The van der Waals surface area contributed by atoms with Crippen molar-refractivity contribution in [2.45, 2.75) is 66.5 Å². The van der Waals surface area contributed by atoms with Gasteiger partial charge in [-0.3, -0.25) is 5.73 Å². The first kappa shape index (κ1) is 26.0. The van der Waals surface area contributed by atoms with Crippen LogP contribution in [0, 0.1) is 11.8 Å². The first-order valence-electron chi connectivity index (χ1n) is 11.7. The fourth-order valence-electron chi connectivity index (χ4n) is 4.15. The van der Waals surface area contributed by atoms with E-state index in [1.54, 1.807) is 14.2 Å². The molecule has 5 nitrogen and oxygen atoms in total. The zero-order chi connectivity index (χ0) is 23.9. The van der Waals surface area contributed by atoms with Gasteiger partial charge in [0.05, 0.1) is 19.8 Å². The molecule has 0 amide bonds. The number of nitrogens with two attached hydrogens (primary N) is 1. The summed E-state index contributed by atoms with van der Waals surface area (Å²) in [5, 5.41) is 0. The van der Waals surface area contributed by atoms with Crippen molar-refractivity contribution < 1.29 is 18.9 Å². The Morgan fingerprint density at radius 1 is 0.812 bits per heavy atom. The molecule has 0 radical (unpaired) electrons. The molecule has 0 fully saturated rings. The second kappa shape index (κ2) is 11.6. The van der Waals surface area contributed by atoms with Gasteiger partial charge in [-0.15, -0.1) is 0 Å². The number of hydrogen-bond donors (Lipinski definition) is 1. The summed E-state index contributed by atoms with van der Waals surface area (Å²) < 4.78 is 24.7. The summed E-state index contributed by atoms with van der Waals surface area (Å²) in [5.41, 5.74) is 8.73. The fraction of sp³-hybridized carbons (Fsp3) is 0.556. The smallest absolute Gasteiger partial charge is 0.172 e. The van der Waals surface area contributed by atoms with Gasteiger partial charge in [0.2, 0.25) is 0 Å². The molecule has 0 bridgehead atoms. The van der Waals surface area contributed by atoms with Crippen molar-refractivity contribution in [2.24, 2.45) is 17.6 Å². The molecule has 0 spiro atoms. The van der Waals surface area contributed by atoms with Crippen molar-refractivity contribution in [1.29, 1.82) is 0 Å². The number of methoxy groups -OCH3 is 2. The molecule has 2 N–H and O–H groups in total. The molecule has 2 aromatic carbocycles. The molecule has 2 aromatic rings. The summed E-state index contributed by atoms with van der Waals surface area (Å²) in [4.78, 5) is 0. The summed E-state index contributed by atoms with van der Waals surface area (Å²) in [7, 11) is 3.34. The lowest BCUT2D eigenvalue weighted by molar-refractivity contribution is -0.0456. The van der Waals surface area contributed by atoms with Crippen LogP contribution in [0.15, 0.2) is 30.3 Å². The zero-order valence-electron chi connectivity index (χ0n) is 21.1. The Hall–Kier alpha value is -2.24. The number of rotatable bonds is 12. The Labute approximate surface area is 194 Å². The standard InChI is InChI=1S/C27H41NO4/c1-9-27(28,31-10-2)23-24(32-20-14-12-11-13-15-20)21(16-18(3)4)22(17-19(5)6)25(29-7)26(23)30-8/h11-15,18-19H,9-10,16-17,28H2,1-8H3. The third kappa shape index (κ3) is 5.76. The first-order valence-corrected chi connectivity index (χ1v) is 11.7. The van der Waals surface area contributed by atoms with E-state index >= 15 is 0 Å². The molecular formula is C27H41NO4. The van der Waals surface area contributed by atoms with Gasteiger partial charge in [0.1, 0.15) is 17.2 Å². The Balaban J connectivity index is 3.01. The topological polar surface area (TPSA) is 62.9 Å². The van der Waals surface area contributed by atoms with Crippen LogP contribution >= 0.6 is 0 Å². The van der Waals surface area contributed by atoms with Gasteiger partial charge < -0.3 is 18.9 Å². The maximum absolute atomic E-state index is 6.90. The van der Waals surface area contributed by atoms with Crippen LogP contribution in [-0.2, 0) is 23.3 Å². The Bertz CT molecular complexity index is 864. The van der Waals surface area contributed by atoms with Crippen LogP contribution in [0.25, 0.3) is 0 Å². The second-order valence-corrected chi connectivity index (χ2v) is 9.01. The van der Waals surface area contributed by atoms with E-state index in [-0.39, 0.29) is 0 Å². The minimum absolute atomic E-state index is 0.408. The number of ether oxygens (including phenoxy) is 4. The van der Waals surface area contributed by atoms with Crippen LogP contribution in [0.5, 0.6) is 23.0 Å². The molecule has 0 saturated heterocycles. The highest BCUT2D eigenvalue weighted by molar-refractivity contribution is 5.66. The van der Waals surface area contributed by atoms with Gasteiger partial charge in [0.25, 0.3) is 0 Å². The third-order valence-electron chi connectivity index (χ3n) is 5.52. The van der Waals surface area contributed by atoms with Crippen LogP contribution in [-0.4, -0.2) is 20.8 Å². The molecule has 5 heteroatoms. The van der Waals surface area contributed by atoms with E-state index in [0.717, 1.165) is 41.2 Å². The van der Waals surface area contributed by atoms with Crippen molar-refractivity contribution in [1.82, 2.24) is 0 Å². The molecule has 32 heavy (non-hydrogen) atoms. The molecule has 2 rings (SSSR count). The highest BCUT2D eigenvalue weighted by Gasteiger charge is 2.39. The summed E-state index contributed by atoms with van der Waals surface area (Å²) in [6.07, 6.45) is 2.21. The van der Waals surface area contributed by atoms with Gasteiger partial charge in [-0.1, -0.05) is 52.8 Å². The third-order valence-corrected chi connectivity index (χ3v) is 5.52. The molecule has 1 atom stereocenters. The van der Waals surface area contributed by atoms with Crippen molar-refractivity contribution in [3.63, 3.8) is 0 Å². The first-order chi connectivity index (χ1) is 15.2. The Morgan fingerprint density at radius 3 is 1.78 bits per heavy atom. The number of hydrogen-bond acceptors (Lipinski definition) is 5. The van der Waals surface area contributed by atoms with Crippen molar-refractivity contribution in [3.05, 3.63) is 47.0 Å². The summed E-state index contributed by atoms with van der Waals surface area (Å²) in [6, 6.07) is 9.80. The maximum Gasteiger partial charge on any atom is 0.172 e. The highest BCUT2D eigenvalue weighted by Crippen LogP contribution is 2.51. The molecule has 178 valence electrons. The number of para-hydroxylation sites is 1. The fourth-order valence-corrected chi connectivity index (χ4v) is 4.15. The van der Waals surface area contributed by atoms with E-state index < -0.39 is 5.72 Å². The molecule has 0 aliphatic carbocycles. The van der Waals surface area contributed by atoms with E-state index in [1.165, 1.54) is 0 Å². The summed E-state index contributed by atoms with van der Waals surface area (Å²) in [5.74, 6) is 3.60. The van der Waals surface area contributed by atoms with Crippen LogP contribution in [0.3, 0.4) is 0 Å². The zero-order valence-corrected chi connectivity index (χ0v) is 21.1. The lowest BCUT2D eigenvalue weighted by Gasteiger charge is -2.35. The second-order valence-electron chi connectivity index (χ2n) is 9.01. The molecule has 0 heterocycles. The monoisotopic (exact) mass is 443 g/mol. The molecule has 1 unspecified atom stereocenters. The lowest BCUT2D eigenvalue weighted by atomic mass is 9.85. The largest absolute Gasteiger partial charge is 0.493 e. The van der Waals surface area contributed by atoms with Crippen LogP contribution < -0.4 is 19.9 Å². The minimum Gasteiger partial charge on any atom is -0.493 e. The van der Waals surface area contributed by atoms with Gasteiger partial charge in [0.15, 0.2) is 11.5 Å². The normalized spacial score (nSPS) is 13.3. The summed E-state index contributed by atoms with van der Waals surface area (Å²) in [6.45, 7) is 13.2. The molecular weight excluding hydrogens is 402 g/mol. The van der Waals surface area contributed by atoms with Gasteiger partial charge in [-0.25, -0.2) is 0 Å². The van der Waals surface area contributed by atoms with Crippen molar-refractivity contribution >= 4 is 0 Å². The predicted molar refractivity (Wildman–Crippen MR) is 131 cm³/mol. The number of benzene rings is 2. The van der Waals surface area contributed by atoms with E-state index in [4.69, 9.17) is 24.7 Å². The van der Waals surface area contributed by atoms with Crippen LogP contribution in [0.2, 0.25) is 0 Å². The van der Waals surface area contributed by atoms with Gasteiger partial charge in [-0.2, -0.15) is 0 Å². The SMILES string of the molecule is CCOC(N)(CC)c1c(Oc2ccccc2)c(CC(C)C)c(CC(C)C)c(OC)c1OC. The van der Waals surface area contributed by atoms with Crippen molar-refractivity contribution in [2.75, 3.05) is 20.8 Å². The van der Waals surface area contributed by atoms with E-state index in [2.05, 4.69) is 27.7 Å². The van der Waals surface area contributed by atoms with Crippen LogP contribution in [0.4, 0.5) is 0 Å². The molecule has 0 aliphatic heterocycles. The minimum atomic E-state index is -1.08. The van der Waals surface area contributed by atoms with Gasteiger partial charge in [-0.05, 0) is 50.2 Å². The van der Waals surface area contributed by atoms with Crippen LogP contribution in [0.1, 0.15) is 64.7 Å². The van der Waals surface area contributed by atoms with Gasteiger partial charge in [0, 0.05) is 17.7 Å². The molecule has 0 saturated carbocycles. The van der Waals surface area contributed by atoms with E-state index in [9.17, 15) is 0 Å². The maximum atomic E-state index is 6.90. The quantitative estimate of drug-likeness (QED) is 0.382. The molecule has 0 aliphatic rings. The summed E-state index contributed by atoms with van der Waals surface area (Å²) >= 11 is 0. The average Bonchev–Trinajstić information content (AvgIpc) is 2.75.